The predicted molar refractivity (Wildman–Crippen MR) is 77.4 cm³/mol. The number of hydrogen-bond donors (Lipinski definition) is 1. The molecule has 2 heterocycles. The zero-order valence-electron chi connectivity index (χ0n) is 11.8. The van der Waals surface area contributed by atoms with Crippen LogP contribution >= 0.6 is 0 Å². The Balaban J connectivity index is 1.56. The van der Waals surface area contributed by atoms with E-state index in [0.29, 0.717) is 0 Å². The maximum absolute atomic E-state index is 5.49. The summed E-state index contributed by atoms with van der Waals surface area (Å²) in [7, 11) is 0. The zero-order chi connectivity index (χ0) is 13.1. The molecule has 0 saturated carbocycles. The van der Waals surface area contributed by atoms with Crippen molar-refractivity contribution in [1.82, 2.24) is 10.2 Å². The van der Waals surface area contributed by atoms with Crippen LogP contribution < -0.4 is 10.1 Å². The summed E-state index contributed by atoms with van der Waals surface area (Å²) >= 11 is 0. The Kier molecular flexibility index (Phi) is 4.04. The van der Waals surface area contributed by atoms with Crippen molar-refractivity contribution in [3.05, 3.63) is 29.8 Å². The van der Waals surface area contributed by atoms with Gasteiger partial charge in [-0.05, 0) is 62.5 Å². The van der Waals surface area contributed by atoms with E-state index in [9.17, 15) is 0 Å². The molecule has 2 unspecified atom stereocenters. The molecule has 1 N–H and O–H groups in total. The lowest BCUT2D eigenvalue weighted by molar-refractivity contribution is 0.142. The highest BCUT2D eigenvalue weighted by atomic mass is 16.5. The van der Waals surface area contributed by atoms with E-state index in [4.69, 9.17) is 4.74 Å². The number of hydrogen-bond acceptors (Lipinski definition) is 3. The zero-order valence-corrected chi connectivity index (χ0v) is 11.8. The molecule has 2 atom stereocenters. The molecule has 1 aromatic carbocycles. The summed E-state index contributed by atoms with van der Waals surface area (Å²) < 4.78 is 5.49. The fourth-order valence-corrected chi connectivity index (χ4v) is 3.37. The van der Waals surface area contributed by atoms with Gasteiger partial charge in [-0.2, -0.15) is 0 Å². The fraction of sp³-hybridized carbons (Fsp3) is 0.625. The van der Waals surface area contributed by atoms with Crippen LogP contribution in [0.15, 0.2) is 24.3 Å². The number of nitrogens with zero attached hydrogens (tertiary/aromatic N) is 1. The minimum absolute atomic E-state index is 0.738. The topological polar surface area (TPSA) is 24.5 Å². The molecule has 0 radical (unpaired) electrons. The van der Waals surface area contributed by atoms with Crippen molar-refractivity contribution in [2.24, 2.45) is 11.8 Å². The fourth-order valence-electron chi connectivity index (χ4n) is 3.37. The van der Waals surface area contributed by atoms with Gasteiger partial charge in [-0.25, -0.2) is 0 Å². The Morgan fingerprint density at radius 3 is 2.79 bits per heavy atom. The highest BCUT2D eigenvalue weighted by Crippen LogP contribution is 2.27. The van der Waals surface area contributed by atoms with E-state index in [1.165, 1.54) is 38.2 Å². The van der Waals surface area contributed by atoms with Crippen molar-refractivity contribution in [3.8, 4) is 5.75 Å². The lowest BCUT2D eigenvalue weighted by Crippen LogP contribution is -2.39. The van der Waals surface area contributed by atoms with Gasteiger partial charge in [0.25, 0.3) is 0 Å². The standard InChI is InChI=1S/C16H24N2O/c1-2-19-16-5-3-13(4-6-16)11-18-8-7-14-9-17-10-15(14)12-18/h3-6,14-15,17H,2,7-12H2,1H3. The summed E-state index contributed by atoms with van der Waals surface area (Å²) in [4.78, 5) is 2.60. The first kappa shape index (κ1) is 12.9. The van der Waals surface area contributed by atoms with E-state index < -0.39 is 0 Å². The van der Waals surface area contributed by atoms with Crippen molar-refractivity contribution in [2.75, 3.05) is 32.8 Å². The van der Waals surface area contributed by atoms with Crippen LogP contribution in [-0.4, -0.2) is 37.7 Å². The summed E-state index contributed by atoms with van der Waals surface area (Å²) in [5.74, 6) is 2.78. The van der Waals surface area contributed by atoms with Gasteiger partial charge in [0.1, 0.15) is 5.75 Å². The molecule has 2 fully saturated rings. The first-order valence-electron chi connectivity index (χ1n) is 7.50. The van der Waals surface area contributed by atoms with Crippen molar-refractivity contribution in [1.29, 1.82) is 0 Å². The molecule has 2 saturated heterocycles. The number of piperidine rings is 1. The second-order valence-corrected chi connectivity index (χ2v) is 5.78. The number of benzene rings is 1. The Labute approximate surface area is 115 Å². The summed E-state index contributed by atoms with van der Waals surface area (Å²) in [6.07, 6.45) is 1.36. The average molecular weight is 260 g/mol. The van der Waals surface area contributed by atoms with Crippen molar-refractivity contribution in [2.45, 2.75) is 19.9 Å². The molecule has 2 aliphatic heterocycles. The van der Waals surface area contributed by atoms with Crippen LogP contribution in [0.3, 0.4) is 0 Å². The third-order valence-electron chi connectivity index (χ3n) is 4.43. The summed E-state index contributed by atoms with van der Waals surface area (Å²) in [6, 6.07) is 8.57. The second kappa shape index (κ2) is 5.93. The van der Waals surface area contributed by atoms with Gasteiger partial charge >= 0.3 is 0 Å². The van der Waals surface area contributed by atoms with E-state index in [1.807, 2.05) is 6.92 Å². The highest BCUT2D eigenvalue weighted by Gasteiger charge is 2.32. The quantitative estimate of drug-likeness (QED) is 0.897. The van der Waals surface area contributed by atoms with Crippen LogP contribution in [-0.2, 0) is 6.54 Å². The van der Waals surface area contributed by atoms with Crippen LogP contribution in [0.4, 0.5) is 0 Å². The maximum Gasteiger partial charge on any atom is 0.119 e. The molecule has 0 aromatic heterocycles. The molecule has 0 amide bonds. The second-order valence-electron chi connectivity index (χ2n) is 5.78. The van der Waals surface area contributed by atoms with Gasteiger partial charge < -0.3 is 10.1 Å². The SMILES string of the molecule is CCOc1ccc(CN2CCC3CNCC3C2)cc1. The largest absolute Gasteiger partial charge is 0.494 e. The smallest absolute Gasteiger partial charge is 0.119 e. The molecule has 0 bridgehead atoms. The molecule has 1 aromatic rings. The van der Waals surface area contributed by atoms with Gasteiger partial charge in [-0.1, -0.05) is 12.1 Å². The molecule has 3 nitrogen and oxygen atoms in total. The molecular formula is C16H24N2O. The molecule has 2 aliphatic rings. The third-order valence-corrected chi connectivity index (χ3v) is 4.43. The number of rotatable bonds is 4. The van der Waals surface area contributed by atoms with Crippen LogP contribution in [0.5, 0.6) is 5.75 Å². The number of likely N-dealkylation sites (tertiary alicyclic amines) is 1. The maximum atomic E-state index is 5.49. The van der Waals surface area contributed by atoms with Crippen molar-refractivity contribution in [3.63, 3.8) is 0 Å². The first-order chi connectivity index (χ1) is 9.35. The number of fused-ring (bicyclic) bond motifs is 1. The van der Waals surface area contributed by atoms with E-state index in [1.54, 1.807) is 0 Å². The predicted octanol–water partition coefficient (Wildman–Crippen LogP) is 2.13. The number of ether oxygens (including phenoxy) is 1. The van der Waals surface area contributed by atoms with Crippen molar-refractivity contribution < 1.29 is 4.74 Å². The number of nitrogens with one attached hydrogen (secondary N) is 1. The Morgan fingerprint density at radius 2 is 2.00 bits per heavy atom. The van der Waals surface area contributed by atoms with Crippen LogP contribution in [0, 0.1) is 11.8 Å². The molecule has 0 spiro atoms. The summed E-state index contributed by atoms with van der Waals surface area (Å²) in [5.41, 5.74) is 1.40. The summed E-state index contributed by atoms with van der Waals surface area (Å²) in [5, 5.41) is 3.53. The van der Waals surface area contributed by atoms with E-state index in [2.05, 4.69) is 34.5 Å². The molecular weight excluding hydrogens is 236 g/mol. The van der Waals surface area contributed by atoms with Crippen LogP contribution in [0.1, 0.15) is 18.9 Å². The van der Waals surface area contributed by atoms with Gasteiger partial charge in [0.2, 0.25) is 0 Å². The minimum Gasteiger partial charge on any atom is -0.494 e. The first-order valence-corrected chi connectivity index (χ1v) is 7.50. The molecule has 3 heteroatoms. The van der Waals surface area contributed by atoms with E-state index in [0.717, 1.165) is 30.7 Å². The summed E-state index contributed by atoms with van der Waals surface area (Å²) in [6.45, 7) is 8.79. The van der Waals surface area contributed by atoms with Gasteiger partial charge in [0, 0.05) is 13.1 Å². The Bertz CT molecular complexity index is 404. The minimum atomic E-state index is 0.738. The molecule has 19 heavy (non-hydrogen) atoms. The lowest BCUT2D eigenvalue weighted by Gasteiger charge is -2.34. The van der Waals surface area contributed by atoms with Gasteiger partial charge in [0.05, 0.1) is 6.61 Å². The van der Waals surface area contributed by atoms with Crippen LogP contribution in [0.25, 0.3) is 0 Å². The van der Waals surface area contributed by atoms with Gasteiger partial charge in [0.15, 0.2) is 0 Å². The highest BCUT2D eigenvalue weighted by molar-refractivity contribution is 5.27. The van der Waals surface area contributed by atoms with Gasteiger partial charge in [-0.15, -0.1) is 0 Å². The Hall–Kier alpha value is -1.06. The normalized spacial score (nSPS) is 27.2. The van der Waals surface area contributed by atoms with Crippen molar-refractivity contribution >= 4 is 0 Å². The Morgan fingerprint density at radius 1 is 1.21 bits per heavy atom. The van der Waals surface area contributed by atoms with E-state index in [-0.39, 0.29) is 0 Å². The van der Waals surface area contributed by atoms with Crippen LogP contribution in [0.2, 0.25) is 0 Å². The van der Waals surface area contributed by atoms with E-state index >= 15 is 0 Å². The average Bonchev–Trinajstić information content (AvgIpc) is 2.89. The third kappa shape index (κ3) is 3.10. The molecule has 0 aliphatic carbocycles. The lowest BCUT2D eigenvalue weighted by atomic mass is 9.88. The molecule has 104 valence electrons. The monoisotopic (exact) mass is 260 g/mol. The van der Waals surface area contributed by atoms with Gasteiger partial charge in [-0.3, -0.25) is 4.90 Å². The molecule has 3 rings (SSSR count).